The van der Waals surface area contributed by atoms with E-state index in [4.69, 9.17) is 16.3 Å². The lowest BCUT2D eigenvalue weighted by Gasteiger charge is -2.22. The number of nitrogens with zero attached hydrogens (tertiary/aromatic N) is 3. The number of H-pyrrole nitrogens is 1. The van der Waals surface area contributed by atoms with Gasteiger partial charge in [-0.3, -0.25) is 5.10 Å². The van der Waals surface area contributed by atoms with Gasteiger partial charge in [0.15, 0.2) is 5.65 Å². The molecule has 96 valence electrons. The molecule has 3 rings (SSSR count). The fourth-order valence-electron chi connectivity index (χ4n) is 2.15. The molecule has 6 nitrogen and oxygen atoms in total. The zero-order valence-corrected chi connectivity index (χ0v) is 10.6. The number of rotatable bonds is 3. The molecule has 2 N–H and O–H groups in total. The summed E-state index contributed by atoms with van der Waals surface area (Å²) in [5.41, 5.74) is 0.650. The van der Waals surface area contributed by atoms with Gasteiger partial charge < -0.3 is 10.1 Å². The van der Waals surface area contributed by atoms with Crippen LogP contribution in [-0.2, 0) is 4.74 Å². The van der Waals surface area contributed by atoms with Crippen molar-refractivity contribution in [3.8, 4) is 0 Å². The summed E-state index contributed by atoms with van der Waals surface area (Å²) in [6.07, 6.45) is 4.00. The van der Waals surface area contributed by atoms with E-state index < -0.39 is 0 Å². The molecule has 0 spiro atoms. The Bertz CT molecular complexity index is 537. The summed E-state index contributed by atoms with van der Waals surface area (Å²) in [5, 5.41) is 11.1. The molecule has 1 unspecified atom stereocenters. The maximum atomic E-state index is 5.87. The summed E-state index contributed by atoms with van der Waals surface area (Å²) in [5.74, 6) is 1.25. The molecule has 1 aliphatic heterocycles. The molecule has 2 aromatic rings. The summed E-state index contributed by atoms with van der Waals surface area (Å²) < 4.78 is 5.45. The van der Waals surface area contributed by atoms with E-state index in [0.717, 1.165) is 37.4 Å². The fraction of sp³-hybridized carbons (Fsp3) is 0.545. The van der Waals surface area contributed by atoms with Crippen molar-refractivity contribution in [1.82, 2.24) is 20.2 Å². The van der Waals surface area contributed by atoms with Crippen LogP contribution in [0.1, 0.15) is 12.8 Å². The standard InChI is InChI=1S/C11H14ClN5O/c12-11-15-9(8-5-14-17-10(8)16-11)13-4-7-2-1-3-18-6-7/h5,7H,1-4,6H2,(H2,13,14,15,16,17). The van der Waals surface area contributed by atoms with Crippen LogP contribution < -0.4 is 5.32 Å². The first-order valence-corrected chi connectivity index (χ1v) is 6.39. The molecular weight excluding hydrogens is 254 g/mol. The lowest BCUT2D eigenvalue weighted by molar-refractivity contribution is 0.0595. The van der Waals surface area contributed by atoms with Crippen molar-refractivity contribution in [3.63, 3.8) is 0 Å². The van der Waals surface area contributed by atoms with Crippen LogP contribution in [0.15, 0.2) is 6.20 Å². The van der Waals surface area contributed by atoms with Gasteiger partial charge in [0, 0.05) is 13.2 Å². The van der Waals surface area contributed by atoms with Crippen molar-refractivity contribution in [1.29, 1.82) is 0 Å². The van der Waals surface area contributed by atoms with Gasteiger partial charge in [0.25, 0.3) is 0 Å². The maximum absolute atomic E-state index is 5.87. The lowest BCUT2D eigenvalue weighted by Crippen LogP contribution is -2.24. The number of ether oxygens (including phenoxy) is 1. The molecule has 2 aromatic heterocycles. The van der Waals surface area contributed by atoms with E-state index in [-0.39, 0.29) is 5.28 Å². The summed E-state index contributed by atoms with van der Waals surface area (Å²) in [4.78, 5) is 8.26. The summed E-state index contributed by atoms with van der Waals surface area (Å²) in [6, 6.07) is 0. The molecule has 0 amide bonds. The largest absolute Gasteiger partial charge is 0.381 e. The number of aromatic amines is 1. The normalized spacial score (nSPS) is 20.2. The first-order valence-electron chi connectivity index (χ1n) is 6.01. The second-order valence-electron chi connectivity index (χ2n) is 4.44. The monoisotopic (exact) mass is 267 g/mol. The van der Waals surface area contributed by atoms with E-state index in [1.165, 1.54) is 6.42 Å². The summed E-state index contributed by atoms with van der Waals surface area (Å²) >= 11 is 5.87. The Morgan fingerprint density at radius 1 is 1.50 bits per heavy atom. The average molecular weight is 268 g/mol. The van der Waals surface area contributed by atoms with Gasteiger partial charge in [0.2, 0.25) is 5.28 Å². The predicted octanol–water partition coefficient (Wildman–Crippen LogP) is 1.84. The molecule has 1 aliphatic rings. The third-order valence-corrected chi connectivity index (χ3v) is 3.26. The highest BCUT2D eigenvalue weighted by molar-refractivity contribution is 6.28. The first kappa shape index (κ1) is 11.7. The zero-order valence-electron chi connectivity index (χ0n) is 9.82. The number of fused-ring (bicyclic) bond motifs is 1. The van der Waals surface area contributed by atoms with Gasteiger partial charge in [-0.1, -0.05) is 0 Å². The van der Waals surface area contributed by atoms with E-state index in [2.05, 4.69) is 25.5 Å². The number of halogens is 1. The maximum Gasteiger partial charge on any atom is 0.226 e. The van der Waals surface area contributed by atoms with Gasteiger partial charge in [-0.25, -0.2) is 0 Å². The van der Waals surface area contributed by atoms with Crippen LogP contribution >= 0.6 is 11.6 Å². The number of aromatic nitrogens is 4. The van der Waals surface area contributed by atoms with Gasteiger partial charge in [-0.2, -0.15) is 15.1 Å². The highest BCUT2D eigenvalue weighted by Gasteiger charge is 2.15. The molecule has 1 fully saturated rings. The number of hydrogen-bond acceptors (Lipinski definition) is 5. The summed E-state index contributed by atoms with van der Waals surface area (Å²) in [6.45, 7) is 2.51. The van der Waals surface area contributed by atoms with E-state index in [0.29, 0.717) is 11.6 Å². The van der Waals surface area contributed by atoms with Crippen LogP contribution in [0.25, 0.3) is 11.0 Å². The zero-order chi connectivity index (χ0) is 12.4. The van der Waals surface area contributed by atoms with Crippen molar-refractivity contribution >= 4 is 28.5 Å². The molecule has 18 heavy (non-hydrogen) atoms. The molecule has 3 heterocycles. The molecule has 7 heteroatoms. The van der Waals surface area contributed by atoms with Crippen molar-refractivity contribution in [2.75, 3.05) is 25.1 Å². The Labute approximate surface area is 109 Å². The smallest absolute Gasteiger partial charge is 0.226 e. The third-order valence-electron chi connectivity index (χ3n) is 3.10. The molecule has 0 radical (unpaired) electrons. The highest BCUT2D eigenvalue weighted by atomic mass is 35.5. The van der Waals surface area contributed by atoms with E-state index in [9.17, 15) is 0 Å². The SMILES string of the molecule is Clc1nc(NCC2CCCOC2)c2cn[nH]c2n1. The van der Waals surface area contributed by atoms with Gasteiger partial charge in [0.05, 0.1) is 18.2 Å². The van der Waals surface area contributed by atoms with Crippen LogP contribution in [0.3, 0.4) is 0 Å². The average Bonchev–Trinajstić information content (AvgIpc) is 2.85. The van der Waals surface area contributed by atoms with E-state index in [1.54, 1.807) is 6.20 Å². The Balaban J connectivity index is 1.75. The molecule has 0 bridgehead atoms. The summed E-state index contributed by atoms with van der Waals surface area (Å²) in [7, 11) is 0. The molecule has 0 saturated carbocycles. The van der Waals surface area contributed by atoms with Gasteiger partial charge in [-0.05, 0) is 30.4 Å². The predicted molar refractivity (Wildman–Crippen MR) is 68.7 cm³/mol. The van der Waals surface area contributed by atoms with Crippen molar-refractivity contribution < 1.29 is 4.74 Å². The molecule has 0 aliphatic carbocycles. The minimum Gasteiger partial charge on any atom is -0.381 e. The van der Waals surface area contributed by atoms with E-state index in [1.807, 2.05) is 0 Å². The van der Waals surface area contributed by atoms with Crippen molar-refractivity contribution in [2.24, 2.45) is 5.92 Å². The van der Waals surface area contributed by atoms with Gasteiger partial charge >= 0.3 is 0 Å². The Kier molecular flexibility index (Phi) is 3.29. The highest BCUT2D eigenvalue weighted by Crippen LogP contribution is 2.21. The van der Waals surface area contributed by atoms with Crippen LogP contribution in [-0.4, -0.2) is 39.9 Å². The molecule has 1 atom stereocenters. The van der Waals surface area contributed by atoms with Crippen LogP contribution in [0.4, 0.5) is 5.82 Å². The topological polar surface area (TPSA) is 75.7 Å². The quantitative estimate of drug-likeness (QED) is 0.830. The molecule has 1 saturated heterocycles. The fourth-order valence-corrected chi connectivity index (χ4v) is 2.32. The number of anilines is 1. The molecule has 0 aromatic carbocycles. The Hall–Kier alpha value is -1.40. The number of nitrogens with one attached hydrogen (secondary N) is 2. The first-order chi connectivity index (χ1) is 8.83. The van der Waals surface area contributed by atoms with Crippen LogP contribution in [0.2, 0.25) is 5.28 Å². The van der Waals surface area contributed by atoms with Crippen LogP contribution in [0, 0.1) is 5.92 Å². The van der Waals surface area contributed by atoms with Gasteiger partial charge in [-0.15, -0.1) is 0 Å². The minimum atomic E-state index is 0.217. The van der Waals surface area contributed by atoms with E-state index >= 15 is 0 Å². The second kappa shape index (κ2) is 5.07. The third kappa shape index (κ3) is 2.39. The lowest BCUT2D eigenvalue weighted by atomic mass is 10.0. The Morgan fingerprint density at radius 2 is 2.44 bits per heavy atom. The van der Waals surface area contributed by atoms with Crippen molar-refractivity contribution in [2.45, 2.75) is 12.8 Å². The van der Waals surface area contributed by atoms with Gasteiger partial charge in [0.1, 0.15) is 5.82 Å². The second-order valence-corrected chi connectivity index (χ2v) is 4.78. The van der Waals surface area contributed by atoms with Crippen molar-refractivity contribution in [3.05, 3.63) is 11.5 Å². The number of hydrogen-bond donors (Lipinski definition) is 2. The van der Waals surface area contributed by atoms with Crippen LogP contribution in [0.5, 0.6) is 0 Å². The minimum absolute atomic E-state index is 0.217. The molecular formula is C11H14ClN5O. The Morgan fingerprint density at radius 3 is 3.28 bits per heavy atom.